The highest BCUT2D eigenvalue weighted by Gasteiger charge is 2.26. The molecule has 1 aromatic rings. The first-order valence-electron chi connectivity index (χ1n) is 4.88. The van der Waals surface area contributed by atoms with Gasteiger partial charge in [-0.05, 0) is 12.1 Å². The Bertz CT molecular complexity index is 517. The summed E-state index contributed by atoms with van der Waals surface area (Å²) in [7, 11) is -3.54. The minimum atomic E-state index is -3.54. The number of carbonyl (C=O) groups is 1. The van der Waals surface area contributed by atoms with E-state index in [-0.39, 0.29) is 16.7 Å². The number of sulfonamides is 1. The van der Waals surface area contributed by atoms with Crippen molar-refractivity contribution in [2.45, 2.75) is 16.7 Å². The Balaban J connectivity index is 2.09. The van der Waals surface area contributed by atoms with Crippen LogP contribution in [0.4, 0.5) is 0 Å². The fourth-order valence-electron chi connectivity index (χ4n) is 1.33. The van der Waals surface area contributed by atoms with Crippen molar-refractivity contribution in [1.29, 1.82) is 0 Å². The summed E-state index contributed by atoms with van der Waals surface area (Å²) in [5, 5.41) is 8.60. The number of rotatable bonds is 5. The third-order valence-electron chi connectivity index (χ3n) is 2.19. The highest BCUT2D eigenvalue weighted by Crippen LogP contribution is 2.22. The zero-order chi connectivity index (χ0) is 12.5. The van der Waals surface area contributed by atoms with Gasteiger partial charge in [0.15, 0.2) is 0 Å². The van der Waals surface area contributed by atoms with E-state index in [4.69, 9.17) is 9.84 Å². The lowest BCUT2D eigenvalue weighted by Gasteiger charge is -2.26. The molecule has 0 amide bonds. The van der Waals surface area contributed by atoms with Gasteiger partial charge in [-0.2, -0.15) is 0 Å². The minimum absolute atomic E-state index is 0.139. The molecule has 0 saturated carbocycles. The van der Waals surface area contributed by atoms with Crippen molar-refractivity contribution in [3.63, 3.8) is 0 Å². The molecule has 2 N–H and O–H groups in total. The maximum atomic E-state index is 11.8. The quantitative estimate of drug-likeness (QED) is 0.793. The van der Waals surface area contributed by atoms with E-state index in [2.05, 4.69) is 4.72 Å². The molecule has 0 atom stereocenters. The molecule has 1 saturated heterocycles. The second-order valence-electron chi connectivity index (χ2n) is 3.65. The minimum Gasteiger partial charge on any atom is -0.481 e. The predicted molar refractivity (Wildman–Crippen MR) is 60.6 cm³/mol. The summed E-state index contributed by atoms with van der Waals surface area (Å²) in [4.78, 5) is 11.0. The fraction of sp³-hybridized carbons (Fsp3) is 0.444. The van der Waals surface area contributed by atoms with Crippen LogP contribution in [0.3, 0.4) is 0 Å². The molecule has 2 heterocycles. The van der Waals surface area contributed by atoms with E-state index in [1.165, 1.54) is 12.1 Å². The second-order valence-corrected chi connectivity index (χ2v) is 6.76. The highest BCUT2D eigenvalue weighted by atomic mass is 32.2. The van der Waals surface area contributed by atoms with Crippen LogP contribution < -0.4 is 4.72 Å². The van der Waals surface area contributed by atoms with Gasteiger partial charge in [0.2, 0.25) is 10.0 Å². The molecule has 1 aliphatic rings. The standard InChI is InChI=1S/C9H11NO5S2/c11-8(12)3-7-1-2-9(16-7)17(13,14)10-6-4-15-5-6/h1-2,6,10H,3-5H2,(H,11,12). The van der Waals surface area contributed by atoms with Crippen LogP contribution in [0.1, 0.15) is 4.88 Å². The number of carboxylic acid groups (broad SMARTS) is 1. The zero-order valence-corrected chi connectivity index (χ0v) is 10.4. The van der Waals surface area contributed by atoms with Crippen LogP contribution in [-0.2, 0) is 26.0 Å². The molecule has 94 valence electrons. The summed E-state index contributed by atoms with van der Waals surface area (Å²) in [6, 6.07) is 2.76. The lowest BCUT2D eigenvalue weighted by molar-refractivity contribution is -0.136. The van der Waals surface area contributed by atoms with Crippen molar-refractivity contribution in [3.05, 3.63) is 17.0 Å². The van der Waals surface area contributed by atoms with E-state index in [1.54, 1.807) is 0 Å². The predicted octanol–water partition coefficient (Wildman–Crippen LogP) is 0.0523. The van der Waals surface area contributed by atoms with E-state index in [1.807, 2.05) is 0 Å². The number of thiophene rings is 1. The van der Waals surface area contributed by atoms with E-state index in [9.17, 15) is 13.2 Å². The van der Waals surface area contributed by atoms with Gasteiger partial charge in [0, 0.05) is 4.88 Å². The monoisotopic (exact) mass is 277 g/mol. The van der Waals surface area contributed by atoms with Crippen LogP contribution in [0, 0.1) is 0 Å². The van der Waals surface area contributed by atoms with Crippen molar-refractivity contribution in [2.75, 3.05) is 13.2 Å². The molecule has 8 heteroatoms. The van der Waals surface area contributed by atoms with E-state index < -0.39 is 16.0 Å². The number of nitrogens with one attached hydrogen (secondary N) is 1. The summed E-state index contributed by atoms with van der Waals surface area (Å²) in [6.07, 6.45) is -0.160. The molecular weight excluding hydrogens is 266 g/mol. The van der Waals surface area contributed by atoms with Gasteiger partial charge in [-0.1, -0.05) is 0 Å². The molecule has 17 heavy (non-hydrogen) atoms. The Labute approximate surface area is 102 Å². The molecule has 6 nitrogen and oxygen atoms in total. The number of aliphatic carboxylic acids is 1. The molecule has 2 rings (SSSR count). The second kappa shape index (κ2) is 4.73. The Morgan fingerprint density at radius 3 is 2.76 bits per heavy atom. The van der Waals surface area contributed by atoms with E-state index in [0.29, 0.717) is 18.1 Å². The number of hydrogen-bond acceptors (Lipinski definition) is 5. The first-order valence-corrected chi connectivity index (χ1v) is 7.18. The largest absolute Gasteiger partial charge is 0.481 e. The molecule has 0 aliphatic carbocycles. The van der Waals surface area contributed by atoms with Crippen molar-refractivity contribution in [3.8, 4) is 0 Å². The first kappa shape index (κ1) is 12.5. The van der Waals surface area contributed by atoms with Gasteiger partial charge in [0.1, 0.15) is 4.21 Å². The van der Waals surface area contributed by atoms with E-state index >= 15 is 0 Å². The van der Waals surface area contributed by atoms with Crippen LogP contribution in [0.2, 0.25) is 0 Å². The Hall–Kier alpha value is -0.960. The van der Waals surface area contributed by atoms with Gasteiger partial charge in [-0.25, -0.2) is 13.1 Å². The summed E-state index contributed by atoms with van der Waals surface area (Å²) in [5.41, 5.74) is 0. The molecule has 0 unspecified atom stereocenters. The van der Waals surface area contributed by atoms with Gasteiger partial charge in [0.25, 0.3) is 0 Å². The Morgan fingerprint density at radius 2 is 2.24 bits per heavy atom. The van der Waals surface area contributed by atoms with Crippen molar-refractivity contribution >= 4 is 27.3 Å². The Kier molecular flexibility index (Phi) is 3.48. The van der Waals surface area contributed by atoms with Crippen LogP contribution >= 0.6 is 11.3 Å². The molecule has 1 fully saturated rings. The molecule has 0 aromatic carbocycles. The van der Waals surface area contributed by atoms with Gasteiger partial charge in [0.05, 0.1) is 25.7 Å². The number of hydrogen-bond donors (Lipinski definition) is 2. The van der Waals surface area contributed by atoms with Gasteiger partial charge >= 0.3 is 5.97 Å². The molecular formula is C9H11NO5S2. The van der Waals surface area contributed by atoms with Gasteiger partial charge < -0.3 is 9.84 Å². The zero-order valence-electron chi connectivity index (χ0n) is 8.75. The molecule has 1 aromatic heterocycles. The van der Waals surface area contributed by atoms with Crippen molar-refractivity contribution < 1.29 is 23.1 Å². The van der Waals surface area contributed by atoms with Crippen LogP contribution in [0.5, 0.6) is 0 Å². The SMILES string of the molecule is O=C(O)Cc1ccc(S(=O)(=O)NC2COC2)s1. The average molecular weight is 277 g/mol. The van der Waals surface area contributed by atoms with Crippen LogP contribution in [-0.4, -0.2) is 38.7 Å². The van der Waals surface area contributed by atoms with Crippen LogP contribution in [0.15, 0.2) is 16.3 Å². The van der Waals surface area contributed by atoms with Crippen molar-refractivity contribution in [2.24, 2.45) is 0 Å². The van der Waals surface area contributed by atoms with Crippen LogP contribution in [0.25, 0.3) is 0 Å². The van der Waals surface area contributed by atoms with Gasteiger partial charge in [-0.15, -0.1) is 11.3 Å². The third-order valence-corrected chi connectivity index (χ3v) is 5.28. The number of ether oxygens (including phenoxy) is 1. The molecule has 1 aliphatic heterocycles. The molecule has 0 spiro atoms. The maximum absolute atomic E-state index is 11.8. The summed E-state index contributed by atoms with van der Waals surface area (Å²) in [5.74, 6) is -0.976. The summed E-state index contributed by atoms with van der Waals surface area (Å²) in [6.45, 7) is 0.763. The maximum Gasteiger partial charge on any atom is 0.308 e. The molecule has 0 radical (unpaired) electrons. The lowest BCUT2D eigenvalue weighted by atomic mass is 10.3. The third kappa shape index (κ3) is 3.03. The highest BCUT2D eigenvalue weighted by molar-refractivity contribution is 7.91. The first-order chi connectivity index (χ1) is 7.97. The summed E-state index contributed by atoms with van der Waals surface area (Å²) < 4.78 is 31.2. The topological polar surface area (TPSA) is 92.7 Å². The van der Waals surface area contributed by atoms with E-state index in [0.717, 1.165) is 11.3 Å². The van der Waals surface area contributed by atoms with Crippen molar-refractivity contribution in [1.82, 2.24) is 4.72 Å². The smallest absolute Gasteiger partial charge is 0.308 e. The molecule has 0 bridgehead atoms. The number of carboxylic acids is 1. The normalized spacial score (nSPS) is 16.7. The Morgan fingerprint density at radius 1 is 1.53 bits per heavy atom. The summed E-state index contributed by atoms with van der Waals surface area (Å²) >= 11 is 0.973. The lowest BCUT2D eigenvalue weighted by Crippen LogP contribution is -2.48. The fourth-order valence-corrected chi connectivity index (χ4v) is 3.90. The average Bonchev–Trinajstić information content (AvgIpc) is 2.60. The van der Waals surface area contributed by atoms with Gasteiger partial charge in [-0.3, -0.25) is 4.79 Å².